The number of amides is 1. The molecule has 2 heterocycles. The van der Waals surface area contributed by atoms with Gasteiger partial charge < -0.3 is 10.6 Å². The molecule has 1 aliphatic heterocycles. The van der Waals surface area contributed by atoms with Gasteiger partial charge in [-0.1, -0.05) is 45.0 Å². The monoisotopic (exact) mass is 390 g/mol. The number of carbonyl (C=O) groups is 1. The van der Waals surface area contributed by atoms with Crippen LogP contribution in [0.1, 0.15) is 74.2 Å². The average molecular weight is 391 g/mol. The largest absolute Gasteiger partial charge is 0.344 e. The van der Waals surface area contributed by atoms with Gasteiger partial charge in [0.15, 0.2) is 0 Å². The van der Waals surface area contributed by atoms with Crippen molar-refractivity contribution < 1.29 is 4.79 Å². The van der Waals surface area contributed by atoms with Gasteiger partial charge in [0, 0.05) is 12.7 Å². The number of carbonyl (C=O) groups excluding carboxylic acids is 1. The molecule has 0 aliphatic carbocycles. The summed E-state index contributed by atoms with van der Waals surface area (Å²) < 4.78 is 1.92. The maximum absolute atomic E-state index is 12.5. The Morgan fingerprint density at radius 3 is 2.56 bits per heavy atom. The van der Waals surface area contributed by atoms with Crippen molar-refractivity contribution in [1.82, 2.24) is 20.4 Å². The zero-order valence-corrected chi connectivity index (χ0v) is 17.5. The van der Waals surface area contributed by atoms with Crippen molar-refractivity contribution in [2.75, 3.05) is 13.1 Å². The van der Waals surface area contributed by atoms with E-state index in [1.165, 1.54) is 5.56 Å². The van der Waals surface area contributed by atoms with Crippen LogP contribution in [-0.2, 0) is 5.41 Å². The molecule has 3 rings (SSSR count). The number of piperidine rings is 1. The van der Waals surface area contributed by atoms with Gasteiger partial charge in [-0.2, -0.15) is 5.10 Å². The van der Waals surface area contributed by atoms with Gasteiger partial charge in [-0.3, -0.25) is 9.48 Å². The maximum atomic E-state index is 12.5. The molecule has 2 aromatic rings. The van der Waals surface area contributed by atoms with Gasteiger partial charge in [0.1, 0.15) is 5.69 Å². The molecule has 0 radical (unpaired) electrons. The molecular formula is C21H31ClN4O. The van der Waals surface area contributed by atoms with E-state index in [2.05, 4.69) is 60.8 Å². The molecule has 2 N–H and O–H groups in total. The van der Waals surface area contributed by atoms with Gasteiger partial charge >= 0.3 is 0 Å². The average Bonchev–Trinajstić information content (AvgIpc) is 3.12. The third-order valence-electron chi connectivity index (χ3n) is 5.11. The Hall–Kier alpha value is -1.85. The predicted molar refractivity (Wildman–Crippen MR) is 112 cm³/mol. The molecule has 5 nitrogen and oxygen atoms in total. The van der Waals surface area contributed by atoms with E-state index >= 15 is 0 Å². The summed E-state index contributed by atoms with van der Waals surface area (Å²) in [6.07, 6.45) is 4.16. The SMILES string of the molecule is CC(NC(=O)c1ccn(C2CCCNC2)n1)c1ccc(C(C)(C)C)cc1.Cl. The first-order valence-electron chi connectivity index (χ1n) is 9.52. The van der Waals surface area contributed by atoms with E-state index in [4.69, 9.17) is 0 Å². The molecule has 2 atom stereocenters. The van der Waals surface area contributed by atoms with E-state index in [1.54, 1.807) is 6.07 Å². The van der Waals surface area contributed by atoms with Crippen LogP contribution in [-0.4, -0.2) is 28.8 Å². The minimum Gasteiger partial charge on any atom is -0.344 e. The Kier molecular flexibility index (Phi) is 7.06. The lowest BCUT2D eigenvalue weighted by Gasteiger charge is -2.23. The van der Waals surface area contributed by atoms with E-state index in [1.807, 2.05) is 17.8 Å². The van der Waals surface area contributed by atoms with Gasteiger partial charge in [0.2, 0.25) is 0 Å². The molecule has 1 fully saturated rings. The first-order chi connectivity index (χ1) is 12.3. The van der Waals surface area contributed by atoms with Crippen LogP contribution in [0.5, 0.6) is 0 Å². The topological polar surface area (TPSA) is 59.0 Å². The van der Waals surface area contributed by atoms with Gasteiger partial charge in [0.25, 0.3) is 5.91 Å². The smallest absolute Gasteiger partial charge is 0.272 e. The minimum atomic E-state index is -0.125. The van der Waals surface area contributed by atoms with Crippen LogP contribution < -0.4 is 10.6 Å². The lowest BCUT2D eigenvalue weighted by Crippen LogP contribution is -2.32. The number of aromatic nitrogens is 2. The summed E-state index contributed by atoms with van der Waals surface area (Å²) in [5.41, 5.74) is 3.00. The van der Waals surface area contributed by atoms with Crippen molar-refractivity contribution in [2.24, 2.45) is 0 Å². The van der Waals surface area contributed by atoms with Crippen LogP contribution in [0.25, 0.3) is 0 Å². The molecule has 0 spiro atoms. The number of hydrogen-bond acceptors (Lipinski definition) is 3. The summed E-state index contributed by atoms with van der Waals surface area (Å²) in [5.74, 6) is -0.125. The molecule has 2 unspecified atom stereocenters. The fourth-order valence-corrected chi connectivity index (χ4v) is 3.35. The van der Waals surface area contributed by atoms with Crippen molar-refractivity contribution in [3.8, 4) is 0 Å². The van der Waals surface area contributed by atoms with Crippen LogP contribution in [0.2, 0.25) is 0 Å². The van der Waals surface area contributed by atoms with Gasteiger partial charge in [0.05, 0.1) is 12.1 Å². The second-order valence-electron chi connectivity index (χ2n) is 8.25. The Balaban J connectivity index is 0.00000261. The van der Waals surface area contributed by atoms with Crippen LogP contribution in [0, 0.1) is 0 Å². The third-order valence-corrected chi connectivity index (χ3v) is 5.11. The van der Waals surface area contributed by atoms with Crippen LogP contribution >= 0.6 is 12.4 Å². The molecule has 148 valence electrons. The predicted octanol–water partition coefficient (Wildman–Crippen LogP) is 4.02. The van der Waals surface area contributed by atoms with Crippen LogP contribution in [0.3, 0.4) is 0 Å². The number of benzene rings is 1. The normalized spacial score (nSPS) is 18.4. The fourth-order valence-electron chi connectivity index (χ4n) is 3.35. The van der Waals surface area contributed by atoms with Crippen LogP contribution in [0.4, 0.5) is 0 Å². The number of rotatable bonds is 4. The van der Waals surface area contributed by atoms with Gasteiger partial charge in [-0.25, -0.2) is 0 Å². The standard InChI is InChI=1S/C21H30N4O.ClH/c1-15(16-7-9-17(10-8-16)21(2,3)4)23-20(26)19-11-13-25(24-19)18-6-5-12-22-14-18;/h7-11,13,15,18,22H,5-6,12,14H2,1-4H3,(H,23,26);1H. The number of nitrogens with zero attached hydrogens (tertiary/aromatic N) is 2. The fraction of sp³-hybridized carbons (Fsp3) is 0.524. The third kappa shape index (κ3) is 5.33. The molecule has 1 amide bonds. The highest BCUT2D eigenvalue weighted by Crippen LogP contribution is 2.24. The van der Waals surface area contributed by atoms with Crippen molar-refractivity contribution in [3.63, 3.8) is 0 Å². The highest BCUT2D eigenvalue weighted by Gasteiger charge is 2.19. The summed E-state index contributed by atoms with van der Waals surface area (Å²) in [5, 5.41) is 10.9. The Bertz CT molecular complexity index is 742. The lowest BCUT2D eigenvalue weighted by molar-refractivity contribution is 0.0933. The molecule has 1 aromatic heterocycles. The number of halogens is 1. The Morgan fingerprint density at radius 2 is 1.96 bits per heavy atom. The van der Waals surface area contributed by atoms with Crippen molar-refractivity contribution in [3.05, 3.63) is 53.3 Å². The summed E-state index contributed by atoms with van der Waals surface area (Å²) in [6, 6.07) is 10.6. The highest BCUT2D eigenvalue weighted by atomic mass is 35.5. The zero-order valence-electron chi connectivity index (χ0n) is 16.7. The molecule has 1 aromatic carbocycles. The van der Waals surface area contributed by atoms with Crippen molar-refractivity contribution in [2.45, 2.75) is 58.0 Å². The summed E-state index contributed by atoms with van der Waals surface area (Å²) in [7, 11) is 0. The highest BCUT2D eigenvalue weighted by molar-refractivity contribution is 5.92. The van der Waals surface area contributed by atoms with Crippen molar-refractivity contribution in [1.29, 1.82) is 0 Å². The van der Waals surface area contributed by atoms with Gasteiger partial charge in [-0.05, 0) is 48.9 Å². The minimum absolute atomic E-state index is 0. The summed E-state index contributed by atoms with van der Waals surface area (Å²) in [6.45, 7) is 10.6. The summed E-state index contributed by atoms with van der Waals surface area (Å²) in [4.78, 5) is 12.5. The first-order valence-corrected chi connectivity index (χ1v) is 9.52. The Morgan fingerprint density at radius 1 is 1.26 bits per heavy atom. The molecule has 6 heteroatoms. The maximum Gasteiger partial charge on any atom is 0.272 e. The molecule has 0 bridgehead atoms. The van der Waals surface area contributed by atoms with E-state index in [0.717, 1.165) is 31.5 Å². The molecule has 1 saturated heterocycles. The second kappa shape index (κ2) is 8.89. The van der Waals surface area contributed by atoms with E-state index < -0.39 is 0 Å². The second-order valence-corrected chi connectivity index (χ2v) is 8.25. The number of nitrogens with one attached hydrogen (secondary N) is 2. The number of hydrogen-bond donors (Lipinski definition) is 2. The zero-order chi connectivity index (χ0) is 18.7. The molecule has 27 heavy (non-hydrogen) atoms. The first kappa shape index (κ1) is 21.5. The van der Waals surface area contributed by atoms with Crippen LogP contribution in [0.15, 0.2) is 36.5 Å². The van der Waals surface area contributed by atoms with E-state index in [-0.39, 0.29) is 29.8 Å². The van der Waals surface area contributed by atoms with E-state index in [0.29, 0.717) is 11.7 Å². The molecule has 1 aliphatic rings. The molecular weight excluding hydrogens is 360 g/mol. The van der Waals surface area contributed by atoms with E-state index in [9.17, 15) is 4.79 Å². The Labute approximate surface area is 168 Å². The van der Waals surface area contributed by atoms with Crippen molar-refractivity contribution >= 4 is 18.3 Å². The summed E-state index contributed by atoms with van der Waals surface area (Å²) >= 11 is 0. The van der Waals surface area contributed by atoms with Gasteiger partial charge in [-0.15, -0.1) is 12.4 Å². The molecule has 0 saturated carbocycles. The quantitative estimate of drug-likeness (QED) is 0.828. The lowest BCUT2D eigenvalue weighted by atomic mass is 9.86.